The molecule has 3 heterocycles. The van der Waals surface area contributed by atoms with Crippen LogP contribution in [-0.4, -0.2) is 40.5 Å². The van der Waals surface area contributed by atoms with Gasteiger partial charge in [0.15, 0.2) is 0 Å². The van der Waals surface area contributed by atoms with Gasteiger partial charge in [0.05, 0.1) is 30.4 Å². The first-order chi connectivity index (χ1) is 12.3. The van der Waals surface area contributed by atoms with Crippen LogP contribution in [-0.2, 0) is 0 Å². The van der Waals surface area contributed by atoms with E-state index < -0.39 is 0 Å². The number of carbonyl (C=O) groups excluding carboxylic acids is 1. The van der Waals surface area contributed by atoms with E-state index in [-0.39, 0.29) is 12.1 Å². The van der Waals surface area contributed by atoms with Crippen molar-refractivity contribution in [3.05, 3.63) is 42.4 Å². The van der Waals surface area contributed by atoms with Gasteiger partial charge < -0.3 is 15.1 Å². The van der Waals surface area contributed by atoms with Crippen molar-refractivity contribution in [3.8, 4) is 0 Å². The zero-order chi connectivity index (χ0) is 17.1. The second kappa shape index (κ2) is 7.23. The van der Waals surface area contributed by atoms with Gasteiger partial charge in [0.2, 0.25) is 0 Å². The SMILES string of the molecule is O=C(NC[C@H](c1ccco1)N1CCCC1)Nc1cnc(C2CC2)nc1. The lowest BCUT2D eigenvalue weighted by molar-refractivity contribution is 0.207. The fourth-order valence-corrected chi connectivity index (χ4v) is 3.26. The Balaban J connectivity index is 1.32. The van der Waals surface area contributed by atoms with Crippen LogP contribution >= 0.6 is 0 Å². The predicted octanol–water partition coefficient (Wildman–Crippen LogP) is 2.91. The minimum absolute atomic E-state index is 0.0664. The first-order valence-electron chi connectivity index (χ1n) is 8.94. The van der Waals surface area contributed by atoms with Gasteiger partial charge in [0.25, 0.3) is 0 Å². The van der Waals surface area contributed by atoms with Crippen molar-refractivity contribution in [1.82, 2.24) is 20.2 Å². The smallest absolute Gasteiger partial charge is 0.319 e. The van der Waals surface area contributed by atoms with Gasteiger partial charge in [-0.25, -0.2) is 14.8 Å². The fraction of sp³-hybridized carbons (Fsp3) is 0.500. The molecular weight excluding hydrogens is 318 g/mol. The molecular formula is C18H23N5O2. The van der Waals surface area contributed by atoms with Gasteiger partial charge in [-0.2, -0.15) is 0 Å². The third-order valence-electron chi connectivity index (χ3n) is 4.78. The van der Waals surface area contributed by atoms with Crippen molar-refractivity contribution >= 4 is 11.7 Å². The predicted molar refractivity (Wildman–Crippen MR) is 93.3 cm³/mol. The minimum Gasteiger partial charge on any atom is -0.468 e. The average Bonchev–Trinajstić information content (AvgIpc) is 3.10. The third-order valence-corrected chi connectivity index (χ3v) is 4.78. The molecule has 0 bridgehead atoms. The van der Waals surface area contributed by atoms with Crippen molar-refractivity contribution in [2.75, 3.05) is 25.0 Å². The summed E-state index contributed by atoms with van der Waals surface area (Å²) in [6, 6.07) is 3.67. The van der Waals surface area contributed by atoms with E-state index in [9.17, 15) is 4.79 Å². The lowest BCUT2D eigenvalue weighted by Gasteiger charge is -2.26. The maximum Gasteiger partial charge on any atom is 0.319 e. The van der Waals surface area contributed by atoms with Gasteiger partial charge in [-0.05, 0) is 50.9 Å². The van der Waals surface area contributed by atoms with E-state index in [0.717, 1.165) is 37.5 Å². The number of hydrogen-bond donors (Lipinski definition) is 2. The van der Waals surface area contributed by atoms with Crippen molar-refractivity contribution in [3.63, 3.8) is 0 Å². The summed E-state index contributed by atoms with van der Waals surface area (Å²) in [6.45, 7) is 2.57. The molecule has 0 spiro atoms. The average molecular weight is 341 g/mol. The van der Waals surface area contributed by atoms with Gasteiger partial charge in [0.1, 0.15) is 11.6 Å². The molecule has 4 rings (SSSR count). The zero-order valence-electron chi connectivity index (χ0n) is 14.1. The normalized spacial score (nSPS) is 18.9. The highest BCUT2D eigenvalue weighted by Gasteiger charge is 2.27. The Kier molecular flexibility index (Phi) is 4.65. The van der Waals surface area contributed by atoms with Gasteiger partial charge in [-0.1, -0.05) is 0 Å². The van der Waals surface area contributed by atoms with Crippen molar-refractivity contribution in [2.24, 2.45) is 0 Å². The monoisotopic (exact) mass is 341 g/mol. The lowest BCUT2D eigenvalue weighted by atomic mass is 10.2. The van der Waals surface area contributed by atoms with Crippen LogP contribution in [0.1, 0.15) is 49.2 Å². The molecule has 1 saturated carbocycles. The van der Waals surface area contributed by atoms with E-state index in [4.69, 9.17) is 4.42 Å². The molecule has 2 aromatic rings. The maximum atomic E-state index is 12.2. The number of hydrogen-bond acceptors (Lipinski definition) is 5. The number of anilines is 1. The molecule has 7 heteroatoms. The summed E-state index contributed by atoms with van der Waals surface area (Å²) < 4.78 is 5.57. The van der Waals surface area contributed by atoms with Gasteiger partial charge in [-0.3, -0.25) is 4.90 Å². The van der Waals surface area contributed by atoms with Gasteiger partial charge >= 0.3 is 6.03 Å². The molecule has 2 fully saturated rings. The van der Waals surface area contributed by atoms with Crippen LogP contribution in [0.25, 0.3) is 0 Å². The molecule has 0 radical (unpaired) electrons. The first-order valence-corrected chi connectivity index (χ1v) is 8.94. The molecule has 1 aliphatic carbocycles. The molecule has 2 amide bonds. The minimum atomic E-state index is -0.251. The van der Waals surface area contributed by atoms with Crippen molar-refractivity contribution in [2.45, 2.75) is 37.6 Å². The standard InChI is InChI=1S/C18H23N5O2/c24-18(22-14-10-19-17(20-11-14)13-5-6-13)21-12-15(16-4-3-9-25-16)23-7-1-2-8-23/h3-4,9-11,13,15H,1-2,5-8,12H2,(H2,21,22,24)/t15-/m1/s1. The van der Waals surface area contributed by atoms with Crippen LogP contribution < -0.4 is 10.6 Å². The molecule has 2 aromatic heterocycles. The summed E-state index contributed by atoms with van der Waals surface area (Å²) >= 11 is 0. The summed E-state index contributed by atoms with van der Waals surface area (Å²) in [5.74, 6) is 2.27. The molecule has 1 aliphatic heterocycles. The van der Waals surface area contributed by atoms with Crippen LogP contribution in [0.4, 0.5) is 10.5 Å². The summed E-state index contributed by atoms with van der Waals surface area (Å²) in [7, 11) is 0. The molecule has 2 aliphatic rings. The van der Waals surface area contributed by atoms with E-state index in [1.165, 1.54) is 12.8 Å². The molecule has 0 aromatic carbocycles. The number of nitrogens with zero attached hydrogens (tertiary/aromatic N) is 3. The number of rotatable bonds is 6. The highest BCUT2D eigenvalue weighted by Crippen LogP contribution is 2.37. The van der Waals surface area contributed by atoms with Crippen LogP contribution in [0, 0.1) is 0 Å². The summed E-state index contributed by atoms with van der Waals surface area (Å²) in [6.07, 6.45) is 9.73. The third kappa shape index (κ3) is 3.99. The second-order valence-corrected chi connectivity index (χ2v) is 6.71. The van der Waals surface area contributed by atoms with Crippen LogP contribution in [0.3, 0.4) is 0 Å². The molecule has 0 unspecified atom stereocenters. The Hall–Kier alpha value is -2.41. The fourth-order valence-electron chi connectivity index (χ4n) is 3.26. The second-order valence-electron chi connectivity index (χ2n) is 6.71. The highest BCUT2D eigenvalue weighted by molar-refractivity contribution is 5.88. The van der Waals surface area contributed by atoms with Crippen LogP contribution in [0.15, 0.2) is 35.2 Å². The van der Waals surface area contributed by atoms with Gasteiger partial charge in [0, 0.05) is 12.5 Å². The summed E-state index contributed by atoms with van der Waals surface area (Å²) in [4.78, 5) is 23.2. The number of carbonyl (C=O) groups is 1. The number of nitrogens with one attached hydrogen (secondary N) is 2. The number of aromatic nitrogens is 2. The van der Waals surface area contributed by atoms with Crippen LogP contribution in [0.2, 0.25) is 0 Å². The molecule has 1 atom stereocenters. The first kappa shape index (κ1) is 16.1. The summed E-state index contributed by atoms with van der Waals surface area (Å²) in [5, 5.41) is 5.73. The van der Waals surface area contributed by atoms with E-state index in [1.54, 1.807) is 18.7 Å². The molecule has 2 N–H and O–H groups in total. The van der Waals surface area contributed by atoms with Crippen LogP contribution in [0.5, 0.6) is 0 Å². The number of likely N-dealkylation sites (tertiary alicyclic amines) is 1. The maximum absolute atomic E-state index is 12.2. The highest BCUT2D eigenvalue weighted by atomic mass is 16.3. The summed E-state index contributed by atoms with van der Waals surface area (Å²) in [5.41, 5.74) is 0.609. The topological polar surface area (TPSA) is 83.3 Å². The van der Waals surface area contributed by atoms with E-state index in [2.05, 4.69) is 25.5 Å². The Morgan fingerprint density at radius 3 is 2.68 bits per heavy atom. The Morgan fingerprint density at radius 2 is 2.04 bits per heavy atom. The Morgan fingerprint density at radius 1 is 1.28 bits per heavy atom. The Bertz CT molecular complexity index is 691. The largest absolute Gasteiger partial charge is 0.468 e. The molecule has 25 heavy (non-hydrogen) atoms. The number of urea groups is 1. The molecule has 7 nitrogen and oxygen atoms in total. The Labute approximate surface area is 146 Å². The van der Waals surface area contributed by atoms with E-state index >= 15 is 0 Å². The van der Waals surface area contributed by atoms with Crippen molar-refractivity contribution < 1.29 is 9.21 Å². The number of furan rings is 1. The van der Waals surface area contributed by atoms with E-state index in [1.807, 2.05) is 12.1 Å². The van der Waals surface area contributed by atoms with Crippen molar-refractivity contribution in [1.29, 1.82) is 0 Å². The van der Waals surface area contributed by atoms with Gasteiger partial charge in [-0.15, -0.1) is 0 Å². The lowest BCUT2D eigenvalue weighted by Crippen LogP contribution is -2.38. The number of amides is 2. The molecule has 132 valence electrons. The molecule has 1 saturated heterocycles. The van der Waals surface area contributed by atoms with E-state index in [0.29, 0.717) is 18.2 Å². The quantitative estimate of drug-likeness (QED) is 0.844. The zero-order valence-corrected chi connectivity index (χ0v) is 14.1.